The molecule has 0 atom stereocenters. The first-order valence-corrected chi connectivity index (χ1v) is 12.0. The molecule has 2 amide bonds. The highest BCUT2D eigenvalue weighted by Gasteiger charge is 2.54. The first-order chi connectivity index (χ1) is 17.6. The number of benzene rings is 1. The van der Waals surface area contributed by atoms with Gasteiger partial charge in [0.1, 0.15) is 11.1 Å². The zero-order chi connectivity index (χ0) is 26.7. The van der Waals surface area contributed by atoms with Crippen molar-refractivity contribution >= 4 is 23.7 Å². The van der Waals surface area contributed by atoms with Gasteiger partial charge >= 0.3 is 18.7 Å². The fourth-order valence-electron chi connectivity index (χ4n) is 4.32. The predicted octanol–water partition coefficient (Wildman–Crippen LogP) is 4.35. The maximum absolute atomic E-state index is 13.7. The number of nitrogens with one attached hydrogen (secondary N) is 1. The predicted molar refractivity (Wildman–Crippen MR) is 128 cm³/mol. The molecule has 1 aromatic carbocycles. The highest BCUT2D eigenvalue weighted by molar-refractivity contribution is 6.02. The number of hydrogen-bond acceptors (Lipinski definition) is 7. The molecule has 37 heavy (non-hydrogen) atoms. The Balaban J connectivity index is 1.55. The Hall–Kier alpha value is -3.76. The van der Waals surface area contributed by atoms with E-state index in [1.807, 2.05) is 32.0 Å². The van der Waals surface area contributed by atoms with Crippen LogP contribution < -0.4 is 10.1 Å². The summed E-state index contributed by atoms with van der Waals surface area (Å²) in [7, 11) is 0. The maximum atomic E-state index is 13.7. The van der Waals surface area contributed by atoms with Gasteiger partial charge in [-0.25, -0.2) is 9.78 Å². The van der Waals surface area contributed by atoms with Crippen molar-refractivity contribution < 1.29 is 37.4 Å². The molecule has 2 fully saturated rings. The van der Waals surface area contributed by atoms with Gasteiger partial charge in [-0.3, -0.25) is 9.59 Å². The van der Waals surface area contributed by atoms with Gasteiger partial charge in [-0.05, 0) is 48.9 Å². The Bertz CT molecular complexity index is 1180. The average Bonchev–Trinajstić information content (AvgIpc) is 3.66. The first-order valence-electron chi connectivity index (χ1n) is 12.0. The molecular weight excluding hydrogens is 488 g/mol. The third kappa shape index (κ3) is 5.81. The number of nitrogens with zero attached hydrogens (tertiary/aromatic N) is 2. The molecule has 0 spiro atoms. The molecule has 2 aliphatic rings. The van der Waals surface area contributed by atoms with Gasteiger partial charge in [0.05, 0.1) is 5.92 Å². The number of rotatable bonds is 9. The number of amides is 2. The fraction of sp³-hybridized carbons (Fsp3) is 0.462. The van der Waals surface area contributed by atoms with E-state index in [-0.39, 0.29) is 30.6 Å². The van der Waals surface area contributed by atoms with E-state index < -0.39 is 42.7 Å². The quantitative estimate of drug-likeness (QED) is 0.389. The Labute approximate surface area is 213 Å². The van der Waals surface area contributed by atoms with Crippen molar-refractivity contribution in [1.29, 1.82) is 0 Å². The summed E-state index contributed by atoms with van der Waals surface area (Å²) >= 11 is 0. The van der Waals surface area contributed by atoms with Gasteiger partial charge in [0.25, 0.3) is 0 Å². The van der Waals surface area contributed by atoms with E-state index in [9.17, 15) is 23.2 Å². The highest BCUT2D eigenvalue weighted by Crippen LogP contribution is 2.41. The van der Waals surface area contributed by atoms with Gasteiger partial charge < -0.3 is 24.4 Å². The minimum atomic E-state index is -3.12. The van der Waals surface area contributed by atoms with Gasteiger partial charge in [-0.15, -0.1) is 0 Å². The maximum Gasteiger partial charge on any atom is 0.412 e. The minimum Gasteiger partial charge on any atom is -0.428 e. The van der Waals surface area contributed by atoms with E-state index in [4.69, 9.17) is 9.47 Å². The molecule has 4 rings (SSSR count). The molecule has 0 bridgehead atoms. The molecule has 0 unspecified atom stereocenters. The topological polar surface area (TPSA) is 107 Å². The van der Waals surface area contributed by atoms with Crippen molar-refractivity contribution in [1.82, 2.24) is 9.88 Å². The lowest BCUT2D eigenvalue weighted by Crippen LogP contribution is -2.66. The Kier molecular flexibility index (Phi) is 7.60. The van der Waals surface area contributed by atoms with Crippen LogP contribution in [0.25, 0.3) is 0 Å². The summed E-state index contributed by atoms with van der Waals surface area (Å²) in [4.78, 5) is 43.3. The van der Waals surface area contributed by atoms with Crippen LogP contribution in [0.2, 0.25) is 0 Å². The molecule has 9 nitrogen and oxygen atoms in total. The second kappa shape index (κ2) is 10.7. The molecule has 1 saturated heterocycles. The van der Waals surface area contributed by atoms with Crippen LogP contribution in [0.4, 0.5) is 19.3 Å². The van der Waals surface area contributed by atoms with Crippen molar-refractivity contribution in [3.05, 3.63) is 53.2 Å². The standard InChI is InChI=1S/C26H29F2N3O6/c1-15(2)18-6-4-5-7-19(18)26(12-31(13-26)25(34)36-14-35-22(32)17-9-10-17)23(33)30-20-11-8-16(3)29-21(20)37-24(27)28/h4-8,11,15,17,24H,9-10,12-14H2,1-3H3,(H,30,33). The number of aryl methyl sites for hydroxylation is 1. The van der Waals surface area contributed by atoms with Crippen LogP contribution in [0, 0.1) is 12.8 Å². The number of aromatic nitrogens is 1. The third-order valence-electron chi connectivity index (χ3n) is 6.46. The van der Waals surface area contributed by atoms with E-state index in [0.29, 0.717) is 11.3 Å². The number of esters is 1. The molecule has 1 aromatic heterocycles. The highest BCUT2D eigenvalue weighted by atomic mass is 19.3. The third-order valence-corrected chi connectivity index (χ3v) is 6.46. The van der Waals surface area contributed by atoms with Gasteiger partial charge in [0, 0.05) is 18.8 Å². The summed E-state index contributed by atoms with van der Waals surface area (Å²) in [5.41, 5.74) is 0.870. The molecule has 0 radical (unpaired) electrons. The molecule has 1 saturated carbocycles. The first kappa shape index (κ1) is 26.3. The Morgan fingerprint density at radius 3 is 2.46 bits per heavy atom. The number of likely N-dealkylation sites (tertiary alicyclic amines) is 1. The van der Waals surface area contributed by atoms with E-state index in [2.05, 4.69) is 15.0 Å². The summed E-state index contributed by atoms with van der Waals surface area (Å²) in [5.74, 6) is -1.35. The minimum absolute atomic E-state index is 0.00896. The van der Waals surface area contributed by atoms with E-state index >= 15 is 0 Å². The van der Waals surface area contributed by atoms with Crippen molar-refractivity contribution in [2.24, 2.45) is 5.92 Å². The van der Waals surface area contributed by atoms with Crippen molar-refractivity contribution in [2.75, 3.05) is 25.2 Å². The van der Waals surface area contributed by atoms with Crippen molar-refractivity contribution in [3.8, 4) is 5.88 Å². The number of alkyl halides is 2. The molecule has 11 heteroatoms. The number of hydrogen-bond donors (Lipinski definition) is 1. The van der Waals surface area contributed by atoms with Crippen molar-refractivity contribution in [2.45, 2.75) is 51.6 Å². The SMILES string of the molecule is Cc1ccc(NC(=O)C2(c3ccccc3C(C)C)CN(C(=O)OCOC(=O)C3CC3)C2)c(OC(F)F)n1. The Morgan fingerprint density at radius 2 is 1.81 bits per heavy atom. The van der Waals surface area contributed by atoms with Crippen LogP contribution in [0.3, 0.4) is 0 Å². The monoisotopic (exact) mass is 517 g/mol. The van der Waals surface area contributed by atoms with E-state index in [0.717, 1.165) is 18.4 Å². The van der Waals surface area contributed by atoms with Crippen molar-refractivity contribution in [3.63, 3.8) is 0 Å². The normalized spacial score (nSPS) is 16.2. The van der Waals surface area contributed by atoms with E-state index in [1.54, 1.807) is 19.1 Å². The smallest absolute Gasteiger partial charge is 0.412 e. The summed E-state index contributed by atoms with van der Waals surface area (Å²) in [6, 6.07) is 10.4. The van der Waals surface area contributed by atoms with Crippen LogP contribution in [-0.2, 0) is 24.5 Å². The van der Waals surface area contributed by atoms with Crippen LogP contribution in [0.15, 0.2) is 36.4 Å². The molecule has 1 N–H and O–H groups in total. The van der Waals surface area contributed by atoms with Crippen LogP contribution in [0.1, 0.15) is 49.4 Å². The lowest BCUT2D eigenvalue weighted by Gasteiger charge is -2.49. The van der Waals surface area contributed by atoms with Crippen LogP contribution in [-0.4, -0.2) is 54.3 Å². The van der Waals surface area contributed by atoms with Crippen LogP contribution >= 0.6 is 0 Å². The average molecular weight is 518 g/mol. The van der Waals surface area contributed by atoms with E-state index in [1.165, 1.54) is 11.0 Å². The van der Waals surface area contributed by atoms with Gasteiger partial charge in [-0.1, -0.05) is 38.1 Å². The molecule has 2 aromatic rings. The Morgan fingerprint density at radius 1 is 1.11 bits per heavy atom. The van der Waals surface area contributed by atoms with Gasteiger partial charge in [0.15, 0.2) is 0 Å². The lowest BCUT2D eigenvalue weighted by atomic mass is 9.70. The largest absolute Gasteiger partial charge is 0.428 e. The summed E-state index contributed by atoms with van der Waals surface area (Å²) < 4.78 is 40.5. The number of carbonyl (C=O) groups excluding carboxylic acids is 3. The second-order valence-electron chi connectivity index (χ2n) is 9.58. The number of carbonyl (C=O) groups is 3. The summed E-state index contributed by atoms with van der Waals surface area (Å²) in [5, 5.41) is 2.68. The van der Waals surface area contributed by atoms with Gasteiger partial charge in [-0.2, -0.15) is 8.78 Å². The van der Waals surface area contributed by atoms with Crippen LogP contribution in [0.5, 0.6) is 5.88 Å². The zero-order valence-electron chi connectivity index (χ0n) is 20.8. The zero-order valence-corrected chi connectivity index (χ0v) is 20.8. The molecule has 2 heterocycles. The second-order valence-corrected chi connectivity index (χ2v) is 9.58. The van der Waals surface area contributed by atoms with Gasteiger partial charge in [0.2, 0.25) is 18.6 Å². The number of pyridine rings is 1. The number of ether oxygens (including phenoxy) is 3. The molecule has 1 aliphatic carbocycles. The molecule has 1 aliphatic heterocycles. The number of anilines is 1. The molecular formula is C26H29F2N3O6. The molecule has 198 valence electrons. The summed E-state index contributed by atoms with van der Waals surface area (Å²) in [6.07, 6.45) is 0.811. The lowest BCUT2D eigenvalue weighted by molar-refractivity contribution is -0.154. The summed E-state index contributed by atoms with van der Waals surface area (Å²) in [6.45, 7) is 1.91. The fourth-order valence-corrected chi connectivity index (χ4v) is 4.32. The number of halogens is 2.